The summed E-state index contributed by atoms with van der Waals surface area (Å²) in [6, 6.07) is 19.2. The molecular formula is C33H41N3O4S. The van der Waals surface area contributed by atoms with Crippen molar-refractivity contribution < 1.29 is 18.0 Å². The minimum Gasteiger partial charge on any atom is -0.352 e. The monoisotopic (exact) mass is 575 g/mol. The topological polar surface area (TPSA) is 86.8 Å². The first-order valence-electron chi connectivity index (χ1n) is 14.3. The maximum absolute atomic E-state index is 14.2. The second kappa shape index (κ2) is 12.9. The van der Waals surface area contributed by atoms with Gasteiger partial charge in [-0.25, -0.2) is 8.42 Å². The van der Waals surface area contributed by atoms with E-state index < -0.39 is 28.5 Å². The van der Waals surface area contributed by atoms with Gasteiger partial charge >= 0.3 is 0 Å². The van der Waals surface area contributed by atoms with Crippen LogP contribution in [0, 0.1) is 27.7 Å². The van der Waals surface area contributed by atoms with E-state index in [2.05, 4.69) is 5.32 Å². The zero-order chi connectivity index (χ0) is 29.7. The lowest BCUT2D eigenvalue weighted by molar-refractivity contribution is -0.139. The molecule has 1 aliphatic rings. The van der Waals surface area contributed by atoms with Crippen molar-refractivity contribution in [3.05, 3.63) is 94.5 Å². The summed E-state index contributed by atoms with van der Waals surface area (Å²) in [5.74, 6) is -0.671. The Kier molecular flexibility index (Phi) is 9.53. The number of carbonyl (C=O) groups is 2. The van der Waals surface area contributed by atoms with E-state index in [0.29, 0.717) is 5.69 Å². The van der Waals surface area contributed by atoms with Crippen LogP contribution in [0.3, 0.4) is 0 Å². The molecular weight excluding hydrogens is 534 g/mol. The van der Waals surface area contributed by atoms with Gasteiger partial charge in [0.1, 0.15) is 12.6 Å². The third-order valence-electron chi connectivity index (χ3n) is 7.85. The number of nitrogens with one attached hydrogen (secondary N) is 1. The molecule has 4 rings (SSSR count). The molecule has 2 amide bonds. The Morgan fingerprint density at radius 3 is 2.10 bits per heavy atom. The van der Waals surface area contributed by atoms with Gasteiger partial charge in [0, 0.05) is 12.6 Å². The van der Waals surface area contributed by atoms with E-state index >= 15 is 0 Å². The third kappa shape index (κ3) is 7.36. The number of rotatable bonds is 10. The number of sulfonamides is 1. The average molecular weight is 576 g/mol. The highest BCUT2D eigenvalue weighted by molar-refractivity contribution is 7.92. The lowest BCUT2D eigenvalue weighted by Crippen LogP contribution is -2.52. The van der Waals surface area contributed by atoms with Gasteiger partial charge in [-0.3, -0.25) is 13.9 Å². The number of hydrogen-bond donors (Lipinski definition) is 1. The van der Waals surface area contributed by atoms with Crippen LogP contribution in [-0.4, -0.2) is 43.8 Å². The molecule has 1 N–H and O–H groups in total. The first kappa shape index (κ1) is 30.3. The molecule has 0 spiro atoms. The maximum Gasteiger partial charge on any atom is 0.264 e. The second-order valence-electron chi connectivity index (χ2n) is 11.3. The number of anilines is 1. The molecule has 1 aliphatic carbocycles. The van der Waals surface area contributed by atoms with Gasteiger partial charge in [-0.15, -0.1) is 0 Å². The van der Waals surface area contributed by atoms with Crippen LogP contribution in [0.4, 0.5) is 5.69 Å². The van der Waals surface area contributed by atoms with E-state index in [-0.39, 0.29) is 23.4 Å². The van der Waals surface area contributed by atoms with Gasteiger partial charge in [-0.05, 0) is 94.0 Å². The Bertz CT molecular complexity index is 1470. The summed E-state index contributed by atoms with van der Waals surface area (Å²) < 4.78 is 29.3. The van der Waals surface area contributed by atoms with Crippen LogP contribution < -0.4 is 9.62 Å². The average Bonchev–Trinajstić information content (AvgIpc) is 3.43. The highest BCUT2D eigenvalue weighted by atomic mass is 32.2. The first-order valence-corrected chi connectivity index (χ1v) is 15.7. The van der Waals surface area contributed by atoms with E-state index in [1.54, 1.807) is 43.3 Å². The van der Waals surface area contributed by atoms with Crippen molar-refractivity contribution in [1.82, 2.24) is 10.2 Å². The van der Waals surface area contributed by atoms with Crippen LogP contribution in [0.2, 0.25) is 0 Å². The van der Waals surface area contributed by atoms with E-state index in [4.69, 9.17) is 0 Å². The molecule has 0 saturated heterocycles. The number of nitrogens with zero attached hydrogens (tertiary/aromatic N) is 2. The molecule has 1 fully saturated rings. The number of benzene rings is 3. The maximum atomic E-state index is 14.2. The van der Waals surface area contributed by atoms with Gasteiger partial charge in [0.05, 0.1) is 10.6 Å². The summed E-state index contributed by atoms with van der Waals surface area (Å²) in [4.78, 5) is 29.2. The number of carbonyl (C=O) groups excluding carboxylic acids is 2. The Morgan fingerprint density at radius 1 is 0.878 bits per heavy atom. The summed E-state index contributed by atoms with van der Waals surface area (Å²) in [6.45, 7) is 9.12. The molecule has 0 bridgehead atoms. The molecule has 1 unspecified atom stereocenters. The van der Waals surface area contributed by atoms with Gasteiger partial charge in [-0.1, -0.05) is 60.9 Å². The summed E-state index contributed by atoms with van der Waals surface area (Å²) in [7, 11) is -4.09. The van der Waals surface area contributed by atoms with Crippen LogP contribution in [0.25, 0.3) is 0 Å². The van der Waals surface area contributed by atoms with E-state index in [1.807, 2.05) is 58.0 Å². The minimum absolute atomic E-state index is 0.104. The van der Waals surface area contributed by atoms with Crippen LogP contribution >= 0.6 is 0 Å². The van der Waals surface area contributed by atoms with Gasteiger partial charge in [0.15, 0.2) is 0 Å². The predicted octanol–water partition coefficient (Wildman–Crippen LogP) is 5.59. The predicted molar refractivity (Wildman–Crippen MR) is 163 cm³/mol. The van der Waals surface area contributed by atoms with Crippen molar-refractivity contribution in [1.29, 1.82) is 0 Å². The normalized spacial score (nSPS) is 14.5. The fourth-order valence-electron chi connectivity index (χ4n) is 5.41. The van der Waals surface area contributed by atoms with E-state index in [0.717, 1.165) is 53.5 Å². The lowest BCUT2D eigenvalue weighted by atomic mass is 10.1. The quantitative estimate of drug-likeness (QED) is 0.341. The van der Waals surface area contributed by atoms with Gasteiger partial charge in [-0.2, -0.15) is 0 Å². The summed E-state index contributed by atoms with van der Waals surface area (Å²) in [5, 5.41) is 3.11. The van der Waals surface area contributed by atoms with Crippen molar-refractivity contribution in [3.63, 3.8) is 0 Å². The molecule has 7 nitrogen and oxygen atoms in total. The van der Waals surface area contributed by atoms with Gasteiger partial charge < -0.3 is 10.2 Å². The zero-order valence-electron chi connectivity index (χ0n) is 24.7. The fraction of sp³-hybridized carbons (Fsp3) is 0.394. The van der Waals surface area contributed by atoms with Crippen LogP contribution in [-0.2, 0) is 26.2 Å². The fourth-order valence-corrected chi connectivity index (χ4v) is 6.80. The Labute approximate surface area is 244 Å². The molecule has 1 atom stereocenters. The minimum atomic E-state index is -4.09. The standard InChI is InChI=1S/C33H41N3O4S/c1-23-14-16-31(17-15-23)41(39,40)36(30-19-24(2)18-25(3)20-30)22-32(37)35(21-28-11-7-6-10-26(28)4)27(5)33(38)34-29-12-8-9-13-29/h6-7,10-11,14-20,27,29H,8-9,12-13,21-22H2,1-5H3,(H,34,38). The Hall–Kier alpha value is -3.65. The molecule has 8 heteroatoms. The highest BCUT2D eigenvalue weighted by Gasteiger charge is 2.33. The van der Waals surface area contributed by atoms with Crippen LogP contribution in [0.1, 0.15) is 60.4 Å². The summed E-state index contributed by atoms with van der Waals surface area (Å²) in [5.41, 5.74) is 5.02. The van der Waals surface area contributed by atoms with Gasteiger partial charge in [0.2, 0.25) is 11.8 Å². The zero-order valence-corrected chi connectivity index (χ0v) is 25.5. The lowest BCUT2D eigenvalue weighted by Gasteiger charge is -2.33. The Balaban J connectivity index is 1.72. The van der Waals surface area contributed by atoms with E-state index in [9.17, 15) is 18.0 Å². The number of aryl methyl sites for hydroxylation is 4. The highest BCUT2D eigenvalue weighted by Crippen LogP contribution is 2.27. The summed E-state index contributed by atoms with van der Waals surface area (Å²) in [6.07, 6.45) is 4.01. The Morgan fingerprint density at radius 2 is 1.49 bits per heavy atom. The van der Waals surface area contributed by atoms with Crippen molar-refractivity contribution in [2.75, 3.05) is 10.8 Å². The largest absolute Gasteiger partial charge is 0.352 e. The van der Waals surface area contributed by atoms with Crippen LogP contribution in [0.15, 0.2) is 71.6 Å². The number of hydrogen-bond acceptors (Lipinski definition) is 4. The molecule has 0 heterocycles. The molecule has 0 aromatic heterocycles. The molecule has 218 valence electrons. The van der Waals surface area contributed by atoms with Crippen molar-refractivity contribution in [2.24, 2.45) is 0 Å². The molecule has 41 heavy (non-hydrogen) atoms. The van der Waals surface area contributed by atoms with Crippen molar-refractivity contribution >= 4 is 27.5 Å². The van der Waals surface area contributed by atoms with Crippen molar-refractivity contribution in [2.45, 2.75) is 83.8 Å². The molecule has 3 aromatic carbocycles. The second-order valence-corrected chi connectivity index (χ2v) is 13.1. The summed E-state index contributed by atoms with van der Waals surface area (Å²) >= 11 is 0. The first-order chi connectivity index (χ1) is 19.5. The van der Waals surface area contributed by atoms with Gasteiger partial charge in [0.25, 0.3) is 10.0 Å². The molecule has 1 saturated carbocycles. The van der Waals surface area contributed by atoms with Crippen molar-refractivity contribution in [3.8, 4) is 0 Å². The molecule has 0 radical (unpaired) electrons. The molecule has 3 aromatic rings. The molecule has 0 aliphatic heterocycles. The van der Waals surface area contributed by atoms with Crippen LogP contribution in [0.5, 0.6) is 0 Å². The van der Waals surface area contributed by atoms with E-state index in [1.165, 1.54) is 9.21 Å². The SMILES string of the molecule is Cc1ccc(S(=O)(=O)N(CC(=O)N(Cc2ccccc2C)C(C)C(=O)NC2CCCC2)c2cc(C)cc(C)c2)cc1. The number of amides is 2. The third-order valence-corrected chi connectivity index (χ3v) is 9.64. The smallest absolute Gasteiger partial charge is 0.264 e.